The van der Waals surface area contributed by atoms with Crippen molar-refractivity contribution in [2.75, 3.05) is 6.79 Å². The molecule has 0 saturated carbocycles. The Morgan fingerprint density at radius 2 is 1.12 bits per heavy atom. The summed E-state index contributed by atoms with van der Waals surface area (Å²) in [6, 6.07) is 33.2. The Hall–Kier alpha value is -3.52. The summed E-state index contributed by atoms with van der Waals surface area (Å²) in [7, 11) is 0. The van der Waals surface area contributed by atoms with Crippen molar-refractivity contribution in [2.45, 2.75) is 45.4 Å². The maximum absolute atomic E-state index is 5.48. The molecule has 0 fully saturated rings. The molecular formula is C32H32O2. The molecule has 0 aromatic heterocycles. The van der Waals surface area contributed by atoms with Crippen LogP contribution in [-0.2, 0) is 19.3 Å². The molecular weight excluding hydrogens is 416 g/mol. The highest BCUT2D eigenvalue weighted by atomic mass is 16.7. The molecule has 0 amide bonds. The van der Waals surface area contributed by atoms with Crippen molar-refractivity contribution in [3.05, 3.63) is 108 Å². The number of benzene rings is 4. The highest BCUT2D eigenvalue weighted by Gasteiger charge is 2.12. The average Bonchev–Trinajstić information content (AvgIpc) is 3.36. The molecule has 0 saturated heterocycles. The van der Waals surface area contributed by atoms with E-state index < -0.39 is 0 Å². The summed E-state index contributed by atoms with van der Waals surface area (Å²) in [5.41, 5.74) is 9.25. The topological polar surface area (TPSA) is 18.5 Å². The van der Waals surface area contributed by atoms with E-state index in [0.717, 1.165) is 30.8 Å². The van der Waals surface area contributed by atoms with Gasteiger partial charge in [-0.3, -0.25) is 0 Å². The SMILES string of the molecule is CCCc1cccc(-c2ccc(-c3ccc(CCCCc4ccc5c(c4)OCO5)cc3)cc2)c1. The monoisotopic (exact) mass is 448 g/mol. The molecule has 4 aromatic carbocycles. The van der Waals surface area contributed by atoms with Gasteiger partial charge in [-0.15, -0.1) is 0 Å². The van der Waals surface area contributed by atoms with Gasteiger partial charge in [-0.25, -0.2) is 0 Å². The number of unbranched alkanes of at least 4 members (excludes halogenated alkanes) is 1. The third-order valence-electron chi connectivity index (χ3n) is 6.59. The van der Waals surface area contributed by atoms with E-state index in [0.29, 0.717) is 6.79 Å². The van der Waals surface area contributed by atoms with Crippen molar-refractivity contribution in [3.63, 3.8) is 0 Å². The van der Waals surface area contributed by atoms with Crippen LogP contribution in [0, 0.1) is 0 Å². The standard InChI is InChI=1S/C32H32O2/c1-2-6-25-9-5-10-30(21-25)29-18-16-28(17-19-29)27-14-11-24(12-15-27)7-3-4-8-26-13-20-31-32(22-26)34-23-33-31/h5,9-22H,2-4,6-8,23H2,1H3. The molecule has 172 valence electrons. The van der Waals surface area contributed by atoms with Crippen LogP contribution in [0.5, 0.6) is 11.5 Å². The van der Waals surface area contributed by atoms with Gasteiger partial charge in [-0.1, -0.05) is 92.2 Å². The second-order valence-electron chi connectivity index (χ2n) is 9.12. The minimum atomic E-state index is 0.339. The summed E-state index contributed by atoms with van der Waals surface area (Å²) >= 11 is 0. The second kappa shape index (κ2) is 10.6. The van der Waals surface area contributed by atoms with Crippen LogP contribution in [0.2, 0.25) is 0 Å². The molecule has 1 heterocycles. The maximum atomic E-state index is 5.48. The molecule has 0 spiro atoms. The predicted octanol–water partition coefficient (Wildman–Crippen LogP) is 8.27. The normalized spacial score (nSPS) is 12.1. The summed E-state index contributed by atoms with van der Waals surface area (Å²) in [5, 5.41) is 0. The van der Waals surface area contributed by atoms with Crippen LogP contribution in [0.25, 0.3) is 22.3 Å². The van der Waals surface area contributed by atoms with Crippen LogP contribution in [0.1, 0.15) is 42.9 Å². The minimum Gasteiger partial charge on any atom is -0.454 e. The second-order valence-corrected chi connectivity index (χ2v) is 9.12. The number of fused-ring (bicyclic) bond motifs is 1. The molecule has 0 atom stereocenters. The highest BCUT2D eigenvalue weighted by molar-refractivity contribution is 5.70. The number of aryl methyl sites for hydroxylation is 3. The highest BCUT2D eigenvalue weighted by Crippen LogP contribution is 2.33. The summed E-state index contributed by atoms with van der Waals surface area (Å²) in [6.07, 6.45) is 6.84. The van der Waals surface area contributed by atoms with Crippen molar-refractivity contribution < 1.29 is 9.47 Å². The Kier molecular flexibility index (Phi) is 6.95. The Balaban J connectivity index is 1.14. The largest absolute Gasteiger partial charge is 0.454 e. The molecule has 4 aromatic rings. The first kappa shape index (κ1) is 22.3. The van der Waals surface area contributed by atoms with Crippen LogP contribution in [0.3, 0.4) is 0 Å². The van der Waals surface area contributed by atoms with E-state index in [1.54, 1.807) is 0 Å². The van der Waals surface area contributed by atoms with Crippen molar-refractivity contribution in [3.8, 4) is 33.8 Å². The minimum absolute atomic E-state index is 0.339. The van der Waals surface area contributed by atoms with Gasteiger partial charge >= 0.3 is 0 Å². The molecule has 1 aliphatic heterocycles. The summed E-state index contributed by atoms with van der Waals surface area (Å²) in [5.74, 6) is 1.74. The van der Waals surface area contributed by atoms with Crippen molar-refractivity contribution in [1.82, 2.24) is 0 Å². The molecule has 34 heavy (non-hydrogen) atoms. The zero-order valence-corrected chi connectivity index (χ0v) is 19.9. The first-order valence-electron chi connectivity index (χ1n) is 12.5. The van der Waals surface area contributed by atoms with Crippen LogP contribution in [0.15, 0.2) is 91.0 Å². The molecule has 2 heteroatoms. The van der Waals surface area contributed by atoms with Gasteiger partial charge in [-0.2, -0.15) is 0 Å². The lowest BCUT2D eigenvalue weighted by Gasteiger charge is -2.08. The zero-order valence-electron chi connectivity index (χ0n) is 19.9. The Morgan fingerprint density at radius 1 is 0.529 bits per heavy atom. The van der Waals surface area contributed by atoms with Gasteiger partial charge < -0.3 is 9.47 Å². The molecule has 0 aliphatic carbocycles. The van der Waals surface area contributed by atoms with Crippen LogP contribution in [0.4, 0.5) is 0 Å². The van der Waals surface area contributed by atoms with Gasteiger partial charge in [0.15, 0.2) is 11.5 Å². The van der Waals surface area contributed by atoms with E-state index in [2.05, 4.69) is 91.9 Å². The molecule has 1 aliphatic rings. The van der Waals surface area contributed by atoms with Crippen molar-refractivity contribution >= 4 is 0 Å². The fourth-order valence-electron chi connectivity index (χ4n) is 4.67. The van der Waals surface area contributed by atoms with E-state index in [9.17, 15) is 0 Å². The van der Waals surface area contributed by atoms with Crippen molar-refractivity contribution in [2.24, 2.45) is 0 Å². The van der Waals surface area contributed by atoms with Gasteiger partial charge in [0, 0.05) is 0 Å². The fourth-order valence-corrected chi connectivity index (χ4v) is 4.67. The summed E-state index contributed by atoms with van der Waals surface area (Å²) in [6.45, 7) is 2.57. The molecule has 0 bridgehead atoms. The number of ether oxygens (including phenoxy) is 2. The van der Waals surface area contributed by atoms with Crippen molar-refractivity contribution in [1.29, 1.82) is 0 Å². The quantitative estimate of drug-likeness (QED) is 0.240. The van der Waals surface area contributed by atoms with E-state index >= 15 is 0 Å². The molecule has 5 rings (SSSR count). The van der Waals surface area contributed by atoms with Crippen LogP contribution >= 0.6 is 0 Å². The van der Waals surface area contributed by atoms with E-state index in [1.165, 1.54) is 58.2 Å². The first-order chi connectivity index (χ1) is 16.8. The third kappa shape index (κ3) is 5.34. The maximum Gasteiger partial charge on any atom is 0.231 e. The lowest BCUT2D eigenvalue weighted by molar-refractivity contribution is 0.174. The Morgan fingerprint density at radius 3 is 1.85 bits per heavy atom. The average molecular weight is 449 g/mol. The molecule has 0 unspecified atom stereocenters. The first-order valence-corrected chi connectivity index (χ1v) is 12.5. The van der Waals surface area contributed by atoms with E-state index in [4.69, 9.17) is 9.47 Å². The van der Waals surface area contributed by atoms with Gasteiger partial charge in [0.05, 0.1) is 0 Å². The molecule has 0 radical (unpaired) electrons. The zero-order chi connectivity index (χ0) is 23.2. The Bertz CT molecular complexity index is 1220. The van der Waals surface area contributed by atoms with Gasteiger partial charge in [-0.05, 0) is 83.2 Å². The number of hydrogen-bond acceptors (Lipinski definition) is 2. The molecule has 0 N–H and O–H groups in total. The number of rotatable bonds is 9. The summed E-state index contributed by atoms with van der Waals surface area (Å²) < 4.78 is 10.9. The third-order valence-corrected chi connectivity index (χ3v) is 6.59. The summed E-state index contributed by atoms with van der Waals surface area (Å²) in [4.78, 5) is 0. The Labute approximate surface area is 203 Å². The van der Waals surface area contributed by atoms with Gasteiger partial charge in [0.2, 0.25) is 6.79 Å². The van der Waals surface area contributed by atoms with Gasteiger partial charge in [0.1, 0.15) is 0 Å². The number of hydrogen-bond donors (Lipinski definition) is 0. The van der Waals surface area contributed by atoms with Crippen LogP contribution < -0.4 is 9.47 Å². The predicted molar refractivity (Wildman–Crippen MR) is 141 cm³/mol. The fraction of sp³-hybridized carbons (Fsp3) is 0.250. The van der Waals surface area contributed by atoms with E-state index in [-0.39, 0.29) is 0 Å². The van der Waals surface area contributed by atoms with Gasteiger partial charge in [0.25, 0.3) is 0 Å². The van der Waals surface area contributed by atoms with Crippen LogP contribution in [-0.4, -0.2) is 6.79 Å². The van der Waals surface area contributed by atoms with E-state index in [1.807, 2.05) is 6.07 Å². The lowest BCUT2D eigenvalue weighted by Crippen LogP contribution is -1.93. The molecule has 2 nitrogen and oxygen atoms in total. The smallest absolute Gasteiger partial charge is 0.231 e. The lowest BCUT2D eigenvalue weighted by atomic mass is 9.97.